The number of carbonyl (C=O) groups excluding carboxylic acids is 3. The minimum Gasteiger partial charge on any atom is -0.497 e. The summed E-state index contributed by atoms with van der Waals surface area (Å²) in [5, 5.41) is 5.39. The Labute approximate surface area is 181 Å². The number of carbonyl (C=O) groups is 3. The van der Waals surface area contributed by atoms with Gasteiger partial charge in [0.05, 0.1) is 14.2 Å². The maximum Gasteiger partial charge on any atom is 0.343 e. The van der Waals surface area contributed by atoms with Crippen molar-refractivity contribution in [3.8, 4) is 11.5 Å². The van der Waals surface area contributed by atoms with Crippen LogP contribution in [0.1, 0.15) is 18.1 Å². The molecule has 0 heterocycles. The second-order valence-corrected chi connectivity index (χ2v) is 6.67. The maximum absolute atomic E-state index is 12.4. The van der Waals surface area contributed by atoms with Crippen LogP contribution < -0.4 is 20.1 Å². The van der Waals surface area contributed by atoms with Gasteiger partial charge >= 0.3 is 5.97 Å². The molecule has 2 rings (SSSR count). The maximum atomic E-state index is 12.4. The summed E-state index contributed by atoms with van der Waals surface area (Å²) in [5.41, 5.74) is 2.15. The molecule has 0 unspecified atom stereocenters. The van der Waals surface area contributed by atoms with Crippen LogP contribution in [-0.4, -0.2) is 44.7 Å². The van der Waals surface area contributed by atoms with E-state index in [1.54, 1.807) is 57.4 Å². The summed E-state index contributed by atoms with van der Waals surface area (Å²) >= 11 is 0. The van der Waals surface area contributed by atoms with Gasteiger partial charge in [0.2, 0.25) is 11.8 Å². The molecule has 0 spiro atoms. The molecule has 0 aromatic heterocycles. The van der Waals surface area contributed by atoms with Crippen LogP contribution in [0.2, 0.25) is 0 Å². The van der Waals surface area contributed by atoms with Crippen molar-refractivity contribution in [2.45, 2.75) is 19.9 Å². The van der Waals surface area contributed by atoms with E-state index < -0.39 is 12.0 Å². The number of aryl methyl sites for hydroxylation is 1. The average molecular weight is 426 g/mol. The van der Waals surface area contributed by atoms with Crippen LogP contribution in [0.15, 0.2) is 48.5 Å². The van der Waals surface area contributed by atoms with Crippen molar-refractivity contribution in [2.24, 2.45) is 0 Å². The number of hydrogen-bond acceptors (Lipinski definition) is 6. The number of methoxy groups -OCH3 is 2. The van der Waals surface area contributed by atoms with E-state index in [0.29, 0.717) is 11.4 Å². The molecule has 8 heteroatoms. The Bertz CT molecular complexity index is 953. The normalized spacial score (nSPS) is 11.5. The summed E-state index contributed by atoms with van der Waals surface area (Å²) in [5.74, 6) is -0.0314. The number of esters is 1. The van der Waals surface area contributed by atoms with Crippen molar-refractivity contribution in [3.63, 3.8) is 0 Å². The molecule has 0 saturated heterocycles. The summed E-state index contributed by atoms with van der Waals surface area (Å²) < 4.78 is 14.9. The first-order valence-electron chi connectivity index (χ1n) is 9.56. The van der Waals surface area contributed by atoms with Crippen LogP contribution in [0.4, 0.5) is 5.69 Å². The van der Waals surface area contributed by atoms with E-state index in [9.17, 15) is 14.4 Å². The molecule has 0 saturated carbocycles. The Kier molecular flexibility index (Phi) is 8.63. The number of amides is 2. The van der Waals surface area contributed by atoms with Gasteiger partial charge < -0.3 is 24.8 Å². The molecule has 2 N–H and O–H groups in total. The Morgan fingerprint density at radius 2 is 1.71 bits per heavy atom. The van der Waals surface area contributed by atoms with Crippen LogP contribution in [0.3, 0.4) is 0 Å². The van der Waals surface area contributed by atoms with Gasteiger partial charge in [0, 0.05) is 11.8 Å². The van der Waals surface area contributed by atoms with Gasteiger partial charge in [-0.3, -0.25) is 9.59 Å². The smallest absolute Gasteiger partial charge is 0.343 e. The first-order chi connectivity index (χ1) is 14.8. The third kappa shape index (κ3) is 7.50. The van der Waals surface area contributed by atoms with Gasteiger partial charge in [-0.15, -0.1) is 0 Å². The summed E-state index contributed by atoms with van der Waals surface area (Å²) in [7, 11) is 2.87. The van der Waals surface area contributed by atoms with Crippen LogP contribution >= 0.6 is 0 Å². The molecule has 0 aliphatic rings. The molecule has 0 aliphatic heterocycles. The molecule has 0 bridgehead atoms. The molecule has 164 valence electrons. The van der Waals surface area contributed by atoms with Gasteiger partial charge in [0.25, 0.3) is 0 Å². The lowest BCUT2D eigenvalue weighted by atomic mass is 10.1. The van der Waals surface area contributed by atoms with Crippen molar-refractivity contribution < 1.29 is 28.6 Å². The predicted molar refractivity (Wildman–Crippen MR) is 117 cm³/mol. The summed E-state index contributed by atoms with van der Waals surface area (Å²) in [6.07, 6.45) is 3.01. The zero-order chi connectivity index (χ0) is 22.8. The minimum absolute atomic E-state index is 0.200. The van der Waals surface area contributed by atoms with Gasteiger partial charge in [-0.2, -0.15) is 0 Å². The molecule has 0 fully saturated rings. The first kappa shape index (κ1) is 23.5. The molecule has 8 nitrogen and oxygen atoms in total. The van der Waals surface area contributed by atoms with Crippen LogP contribution in [-0.2, 0) is 19.1 Å². The molecule has 2 amide bonds. The topological polar surface area (TPSA) is 103 Å². The molecular formula is C23H26N2O6. The first-order valence-corrected chi connectivity index (χ1v) is 9.56. The zero-order valence-electron chi connectivity index (χ0n) is 17.9. The Morgan fingerprint density at radius 1 is 1.03 bits per heavy atom. The average Bonchev–Trinajstić information content (AvgIpc) is 2.77. The highest BCUT2D eigenvalue weighted by molar-refractivity contribution is 6.00. The summed E-state index contributed by atoms with van der Waals surface area (Å²) in [6, 6.07) is 11.5. The van der Waals surface area contributed by atoms with E-state index in [-0.39, 0.29) is 18.4 Å². The van der Waals surface area contributed by atoms with Gasteiger partial charge in [-0.1, -0.05) is 12.1 Å². The fourth-order valence-corrected chi connectivity index (χ4v) is 2.52. The van der Waals surface area contributed by atoms with Crippen molar-refractivity contribution in [2.75, 3.05) is 26.1 Å². The number of nitrogens with one attached hydrogen (secondary N) is 2. The van der Waals surface area contributed by atoms with Gasteiger partial charge in [-0.25, -0.2) is 4.79 Å². The van der Waals surface area contributed by atoms with E-state index >= 15 is 0 Å². The van der Waals surface area contributed by atoms with Gasteiger partial charge in [0.1, 0.15) is 17.5 Å². The number of rotatable bonds is 9. The second kappa shape index (κ2) is 11.4. The predicted octanol–water partition coefficient (Wildman–Crippen LogP) is 2.71. The number of anilines is 1. The number of benzene rings is 2. The summed E-state index contributed by atoms with van der Waals surface area (Å²) in [4.78, 5) is 35.7. The third-order valence-electron chi connectivity index (χ3n) is 4.34. The highest BCUT2D eigenvalue weighted by Crippen LogP contribution is 2.21. The fraction of sp³-hybridized carbons (Fsp3) is 0.261. The SMILES string of the molecule is COC(=O)COc1ccc(NC(=O)[C@H](C)NC(=O)/C=C\c2ccc(OC)cc2)c(C)c1. The van der Waals surface area contributed by atoms with Crippen molar-refractivity contribution in [1.29, 1.82) is 0 Å². The number of ether oxygens (including phenoxy) is 3. The minimum atomic E-state index is -0.748. The van der Waals surface area contributed by atoms with E-state index in [4.69, 9.17) is 9.47 Å². The van der Waals surface area contributed by atoms with Crippen LogP contribution in [0.25, 0.3) is 6.08 Å². The highest BCUT2D eigenvalue weighted by Gasteiger charge is 2.15. The van der Waals surface area contributed by atoms with Gasteiger partial charge in [0.15, 0.2) is 6.61 Å². The van der Waals surface area contributed by atoms with E-state index in [1.165, 1.54) is 13.2 Å². The Morgan fingerprint density at radius 3 is 2.32 bits per heavy atom. The van der Waals surface area contributed by atoms with Crippen molar-refractivity contribution >= 4 is 29.5 Å². The Balaban J connectivity index is 1.88. The summed E-state index contributed by atoms with van der Waals surface area (Å²) in [6.45, 7) is 3.19. The highest BCUT2D eigenvalue weighted by atomic mass is 16.6. The largest absolute Gasteiger partial charge is 0.497 e. The third-order valence-corrected chi connectivity index (χ3v) is 4.34. The molecule has 0 radical (unpaired) electrons. The monoisotopic (exact) mass is 426 g/mol. The van der Waals surface area contributed by atoms with Gasteiger partial charge in [-0.05, 0) is 61.4 Å². The Hall–Kier alpha value is -3.81. The second-order valence-electron chi connectivity index (χ2n) is 6.67. The molecule has 2 aromatic carbocycles. The van der Waals surface area contributed by atoms with E-state index in [1.807, 2.05) is 12.1 Å². The fourth-order valence-electron chi connectivity index (χ4n) is 2.52. The molecular weight excluding hydrogens is 400 g/mol. The van der Waals surface area contributed by atoms with Crippen LogP contribution in [0.5, 0.6) is 11.5 Å². The lowest BCUT2D eigenvalue weighted by molar-refractivity contribution is -0.142. The lowest BCUT2D eigenvalue weighted by Gasteiger charge is -2.15. The van der Waals surface area contributed by atoms with Crippen molar-refractivity contribution in [1.82, 2.24) is 5.32 Å². The van der Waals surface area contributed by atoms with E-state index in [0.717, 1.165) is 16.9 Å². The molecule has 1 atom stereocenters. The quantitative estimate of drug-likeness (QED) is 0.472. The standard InChI is InChI=1S/C23H26N2O6/c1-15-13-19(31-14-22(27)30-4)10-11-20(15)25-23(28)16(2)24-21(26)12-7-17-5-8-18(29-3)9-6-17/h5-13,16H,14H2,1-4H3,(H,24,26)(H,25,28)/b12-7-/t16-/m0/s1. The molecule has 0 aliphatic carbocycles. The molecule has 31 heavy (non-hydrogen) atoms. The molecule has 2 aromatic rings. The number of hydrogen-bond donors (Lipinski definition) is 2. The van der Waals surface area contributed by atoms with E-state index in [2.05, 4.69) is 15.4 Å². The van der Waals surface area contributed by atoms with Crippen LogP contribution in [0, 0.1) is 6.92 Å². The van der Waals surface area contributed by atoms with Crippen molar-refractivity contribution in [3.05, 3.63) is 59.7 Å². The zero-order valence-corrected chi connectivity index (χ0v) is 17.9. The lowest BCUT2D eigenvalue weighted by Crippen LogP contribution is -2.41.